The first-order valence-electron chi connectivity index (χ1n) is 10.6. The third-order valence-corrected chi connectivity index (χ3v) is 3.67. The normalized spacial score (nSPS) is 11.0. The number of amides is 2. The summed E-state index contributed by atoms with van der Waals surface area (Å²) in [6.07, 6.45) is -1.65. The molecule has 0 aliphatic heterocycles. The monoisotopic (exact) mass is 495 g/mol. The molecule has 0 radical (unpaired) electrons. The molecule has 0 atom stereocenters. The van der Waals surface area contributed by atoms with Gasteiger partial charge in [0.25, 0.3) is 0 Å². The van der Waals surface area contributed by atoms with Gasteiger partial charge in [-0.25, -0.2) is 24.2 Å². The largest absolute Gasteiger partial charge is 0.492 e. The Kier molecular flexibility index (Phi) is 10.5. The number of hydrogen-bond donors (Lipinski definition) is 2. The molecule has 0 aliphatic rings. The van der Waals surface area contributed by atoms with Gasteiger partial charge in [0.2, 0.25) is 5.96 Å². The van der Waals surface area contributed by atoms with Crippen molar-refractivity contribution in [2.45, 2.75) is 52.7 Å². The van der Waals surface area contributed by atoms with E-state index in [9.17, 15) is 19.2 Å². The fraction of sp³-hybridized carbons (Fsp3) is 0.522. The number of aliphatic imine (C=N–C) groups is 1. The van der Waals surface area contributed by atoms with Gasteiger partial charge in [-0.2, -0.15) is 0 Å². The number of nitrogens with one attached hydrogen (secondary N) is 2. The van der Waals surface area contributed by atoms with E-state index in [4.69, 9.17) is 18.9 Å². The quantitative estimate of drug-likeness (QED) is 0.199. The maximum absolute atomic E-state index is 12.1. The standard InChI is InChI=1S/C23H33N3O9/c1-22(2,3)34-20(29)25-19(26-21(30)35-23(4,5)6)24-11-12-33-14-9-10-15(17(27)31-7)16(13-14)18(28)32-8/h9-10,13H,11-12H2,1-8H3,(H2,24,25,26,29,30). The summed E-state index contributed by atoms with van der Waals surface area (Å²) >= 11 is 0. The summed E-state index contributed by atoms with van der Waals surface area (Å²) in [4.78, 5) is 52.2. The number of carbonyl (C=O) groups excluding carboxylic acids is 4. The van der Waals surface area contributed by atoms with Gasteiger partial charge in [-0.15, -0.1) is 0 Å². The van der Waals surface area contributed by atoms with Gasteiger partial charge >= 0.3 is 24.1 Å². The van der Waals surface area contributed by atoms with E-state index in [1.54, 1.807) is 41.5 Å². The van der Waals surface area contributed by atoms with E-state index in [2.05, 4.69) is 20.4 Å². The lowest BCUT2D eigenvalue weighted by atomic mass is 10.1. The Bertz CT molecular complexity index is 928. The first-order valence-corrected chi connectivity index (χ1v) is 10.6. The summed E-state index contributed by atoms with van der Waals surface area (Å²) in [5.41, 5.74) is -1.54. The second-order valence-electron chi connectivity index (χ2n) is 9.02. The topological polar surface area (TPSA) is 151 Å². The van der Waals surface area contributed by atoms with Crippen molar-refractivity contribution in [2.75, 3.05) is 27.4 Å². The van der Waals surface area contributed by atoms with Gasteiger partial charge in [0.15, 0.2) is 0 Å². The molecule has 0 saturated carbocycles. The first-order chi connectivity index (χ1) is 16.1. The minimum absolute atomic E-state index is 0.00627. The Balaban J connectivity index is 2.93. The maximum atomic E-state index is 12.1. The number of rotatable bonds is 6. The van der Waals surface area contributed by atoms with Crippen molar-refractivity contribution < 1.29 is 42.9 Å². The molecular weight excluding hydrogens is 462 g/mol. The molecule has 0 aliphatic carbocycles. The Morgan fingerprint density at radius 1 is 0.800 bits per heavy atom. The van der Waals surface area contributed by atoms with Crippen LogP contribution in [0.4, 0.5) is 9.59 Å². The van der Waals surface area contributed by atoms with Crippen LogP contribution in [0.15, 0.2) is 23.2 Å². The number of ether oxygens (including phenoxy) is 5. The van der Waals surface area contributed by atoms with Crippen molar-refractivity contribution in [3.63, 3.8) is 0 Å². The highest BCUT2D eigenvalue weighted by atomic mass is 16.6. The van der Waals surface area contributed by atoms with Crippen molar-refractivity contribution >= 4 is 30.1 Å². The van der Waals surface area contributed by atoms with E-state index >= 15 is 0 Å². The summed E-state index contributed by atoms with van der Waals surface area (Å²) in [7, 11) is 2.38. The van der Waals surface area contributed by atoms with E-state index in [-0.39, 0.29) is 36.0 Å². The molecule has 12 nitrogen and oxygen atoms in total. The number of carbonyl (C=O) groups is 4. The molecule has 1 aromatic carbocycles. The molecular formula is C23H33N3O9. The summed E-state index contributed by atoms with van der Waals surface area (Å²) in [5.74, 6) is -1.38. The smallest absolute Gasteiger partial charge is 0.414 e. The van der Waals surface area contributed by atoms with Crippen molar-refractivity contribution in [2.24, 2.45) is 4.99 Å². The second kappa shape index (κ2) is 12.6. The summed E-state index contributed by atoms with van der Waals surface area (Å²) < 4.78 is 25.3. The second-order valence-corrected chi connectivity index (χ2v) is 9.02. The SMILES string of the molecule is COC(=O)c1ccc(OCCN=C(NC(=O)OC(C)(C)C)NC(=O)OC(C)(C)C)cc1C(=O)OC. The third kappa shape index (κ3) is 11.2. The van der Waals surface area contributed by atoms with Crippen LogP contribution in [0.1, 0.15) is 62.3 Å². The predicted molar refractivity (Wildman–Crippen MR) is 126 cm³/mol. The van der Waals surface area contributed by atoms with Crippen molar-refractivity contribution in [1.82, 2.24) is 10.6 Å². The molecule has 194 valence electrons. The minimum Gasteiger partial charge on any atom is -0.492 e. The molecule has 0 fully saturated rings. The maximum Gasteiger partial charge on any atom is 0.414 e. The number of nitrogens with zero attached hydrogens (tertiary/aromatic N) is 1. The average molecular weight is 496 g/mol. The molecule has 1 rings (SSSR count). The third-order valence-electron chi connectivity index (χ3n) is 3.67. The molecule has 1 aromatic rings. The van der Waals surface area contributed by atoms with Gasteiger partial charge in [0.05, 0.1) is 31.9 Å². The average Bonchev–Trinajstić information content (AvgIpc) is 2.72. The zero-order chi connectivity index (χ0) is 26.8. The van der Waals surface area contributed by atoms with Crippen LogP contribution < -0.4 is 15.4 Å². The highest BCUT2D eigenvalue weighted by Gasteiger charge is 2.22. The highest BCUT2D eigenvalue weighted by molar-refractivity contribution is 6.03. The van der Waals surface area contributed by atoms with E-state index in [0.717, 1.165) is 0 Å². The number of guanidine groups is 1. The van der Waals surface area contributed by atoms with Crippen LogP contribution in [0.3, 0.4) is 0 Å². The van der Waals surface area contributed by atoms with Crippen LogP contribution in [0.25, 0.3) is 0 Å². The highest BCUT2D eigenvalue weighted by Crippen LogP contribution is 2.20. The zero-order valence-corrected chi connectivity index (χ0v) is 21.3. The number of alkyl carbamates (subject to hydrolysis) is 2. The lowest BCUT2D eigenvalue weighted by Gasteiger charge is -2.22. The summed E-state index contributed by atoms with van der Waals surface area (Å²) in [6, 6.07) is 4.18. The van der Waals surface area contributed by atoms with Crippen molar-refractivity contribution in [3.05, 3.63) is 29.3 Å². The lowest BCUT2D eigenvalue weighted by molar-refractivity contribution is 0.0541. The molecule has 35 heavy (non-hydrogen) atoms. The van der Waals surface area contributed by atoms with E-state index < -0.39 is 35.3 Å². The van der Waals surface area contributed by atoms with Crippen LogP contribution in [0.5, 0.6) is 5.75 Å². The van der Waals surface area contributed by atoms with Gasteiger partial charge in [-0.05, 0) is 59.7 Å². The summed E-state index contributed by atoms with van der Waals surface area (Å²) in [5, 5.41) is 4.71. The molecule has 0 aromatic heterocycles. The molecule has 0 unspecified atom stereocenters. The van der Waals surface area contributed by atoms with Gasteiger partial charge in [-0.1, -0.05) is 0 Å². The fourth-order valence-corrected chi connectivity index (χ4v) is 2.41. The Hall–Kier alpha value is -3.83. The van der Waals surface area contributed by atoms with Crippen LogP contribution in [-0.2, 0) is 18.9 Å². The molecule has 2 amide bonds. The Labute approximate surface area is 204 Å². The van der Waals surface area contributed by atoms with Crippen LogP contribution >= 0.6 is 0 Å². The molecule has 12 heteroatoms. The van der Waals surface area contributed by atoms with Crippen LogP contribution in [0, 0.1) is 0 Å². The number of methoxy groups -OCH3 is 2. The Morgan fingerprint density at radius 2 is 1.29 bits per heavy atom. The minimum atomic E-state index is -0.825. The zero-order valence-electron chi connectivity index (χ0n) is 21.3. The molecule has 0 spiro atoms. The lowest BCUT2D eigenvalue weighted by Crippen LogP contribution is -2.47. The number of benzene rings is 1. The van der Waals surface area contributed by atoms with E-state index in [1.807, 2.05) is 0 Å². The summed E-state index contributed by atoms with van der Waals surface area (Å²) in [6.45, 7) is 10.1. The van der Waals surface area contributed by atoms with Gasteiger partial charge in [0, 0.05) is 0 Å². The first kappa shape index (κ1) is 29.2. The van der Waals surface area contributed by atoms with Crippen LogP contribution in [-0.4, -0.2) is 68.7 Å². The van der Waals surface area contributed by atoms with Crippen LogP contribution in [0.2, 0.25) is 0 Å². The Morgan fingerprint density at radius 3 is 1.74 bits per heavy atom. The van der Waals surface area contributed by atoms with E-state index in [0.29, 0.717) is 0 Å². The molecule has 0 saturated heterocycles. The van der Waals surface area contributed by atoms with Gasteiger partial charge in [0.1, 0.15) is 23.6 Å². The number of hydrogen-bond acceptors (Lipinski definition) is 10. The molecule has 0 bridgehead atoms. The fourth-order valence-electron chi connectivity index (χ4n) is 2.41. The molecule has 0 heterocycles. The van der Waals surface area contributed by atoms with Gasteiger partial charge in [-0.3, -0.25) is 10.6 Å². The van der Waals surface area contributed by atoms with Crippen molar-refractivity contribution in [1.29, 1.82) is 0 Å². The van der Waals surface area contributed by atoms with Gasteiger partial charge < -0.3 is 23.7 Å². The molecule has 2 N–H and O–H groups in total. The predicted octanol–water partition coefficient (Wildman–Crippen LogP) is 3.04. The van der Waals surface area contributed by atoms with Crippen molar-refractivity contribution in [3.8, 4) is 5.75 Å². The number of esters is 2. The van der Waals surface area contributed by atoms with E-state index in [1.165, 1.54) is 32.4 Å².